The first kappa shape index (κ1) is 14.5. The largest absolute Gasteiger partial charge is 0.310 e. The average Bonchev–Trinajstić information content (AvgIpc) is 2.75. The third kappa shape index (κ3) is 2.84. The van der Waals surface area contributed by atoms with E-state index in [1.54, 1.807) is 6.07 Å². The Morgan fingerprint density at radius 2 is 1.89 bits per heavy atom. The Hall–Kier alpha value is -0.890. The van der Waals surface area contributed by atoms with E-state index >= 15 is 0 Å². The predicted molar refractivity (Wildman–Crippen MR) is 78.9 cm³/mol. The van der Waals surface area contributed by atoms with Crippen LogP contribution in [0.2, 0.25) is 0 Å². The average molecular weight is 263 g/mol. The summed E-state index contributed by atoms with van der Waals surface area (Å²) in [6.07, 6.45) is 4.92. The van der Waals surface area contributed by atoms with Crippen LogP contribution in [-0.4, -0.2) is 6.54 Å². The van der Waals surface area contributed by atoms with Crippen LogP contribution in [-0.2, 0) is 0 Å². The molecule has 1 atom stereocenters. The van der Waals surface area contributed by atoms with Gasteiger partial charge in [-0.05, 0) is 55.8 Å². The second-order valence-electron chi connectivity index (χ2n) is 6.33. The molecule has 0 radical (unpaired) electrons. The molecule has 0 spiro atoms. The van der Waals surface area contributed by atoms with E-state index in [1.807, 2.05) is 13.8 Å². The fraction of sp³-hybridized carbons (Fsp3) is 0.647. The summed E-state index contributed by atoms with van der Waals surface area (Å²) in [5, 5.41) is 3.54. The summed E-state index contributed by atoms with van der Waals surface area (Å²) in [5.41, 5.74) is 3.16. The van der Waals surface area contributed by atoms with Crippen molar-refractivity contribution in [2.24, 2.45) is 5.41 Å². The predicted octanol–water partition coefficient (Wildman–Crippen LogP) is 4.67. The monoisotopic (exact) mass is 263 g/mol. The lowest BCUT2D eigenvalue weighted by atomic mass is 9.75. The Morgan fingerprint density at radius 1 is 1.26 bits per heavy atom. The summed E-state index contributed by atoms with van der Waals surface area (Å²) in [4.78, 5) is 0. The number of benzene rings is 1. The highest BCUT2D eigenvalue weighted by Crippen LogP contribution is 2.48. The molecule has 1 saturated carbocycles. The van der Waals surface area contributed by atoms with E-state index in [1.165, 1.54) is 25.7 Å². The van der Waals surface area contributed by atoms with Crippen molar-refractivity contribution in [3.05, 3.63) is 34.6 Å². The molecule has 1 nitrogen and oxygen atoms in total. The van der Waals surface area contributed by atoms with Crippen molar-refractivity contribution in [1.29, 1.82) is 0 Å². The van der Waals surface area contributed by atoms with Crippen molar-refractivity contribution < 1.29 is 4.39 Å². The van der Waals surface area contributed by atoms with Crippen LogP contribution in [0.3, 0.4) is 0 Å². The van der Waals surface area contributed by atoms with Gasteiger partial charge in [-0.3, -0.25) is 0 Å². The Balaban J connectivity index is 2.44. The third-order valence-electron chi connectivity index (χ3n) is 4.62. The maximum Gasteiger partial charge on any atom is 0.128 e. The second kappa shape index (κ2) is 5.62. The van der Waals surface area contributed by atoms with Gasteiger partial charge >= 0.3 is 0 Å². The molecule has 2 heteroatoms. The van der Waals surface area contributed by atoms with Gasteiger partial charge in [-0.2, -0.15) is 0 Å². The van der Waals surface area contributed by atoms with Gasteiger partial charge < -0.3 is 5.32 Å². The summed E-state index contributed by atoms with van der Waals surface area (Å²) in [6.45, 7) is 9.29. The first-order chi connectivity index (χ1) is 8.98. The summed E-state index contributed by atoms with van der Waals surface area (Å²) < 4.78 is 14.5. The van der Waals surface area contributed by atoms with E-state index in [4.69, 9.17) is 0 Å². The van der Waals surface area contributed by atoms with Crippen LogP contribution >= 0.6 is 0 Å². The van der Waals surface area contributed by atoms with Gasteiger partial charge in [0.2, 0.25) is 0 Å². The molecule has 0 aliphatic heterocycles. The van der Waals surface area contributed by atoms with E-state index in [2.05, 4.69) is 25.2 Å². The zero-order chi connectivity index (χ0) is 14.0. The van der Waals surface area contributed by atoms with Crippen LogP contribution in [0.4, 0.5) is 4.39 Å². The van der Waals surface area contributed by atoms with Crippen molar-refractivity contribution in [2.45, 2.75) is 59.4 Å². The maximum atomic E-state index is 14.5. The molecule has 1 aromatic rings. The van der Waals surface area contributed by atoms with E-state index in [0.29, 0.717) is 0 Å². The van der Waals surface area contributed by atoms with Crippen molar-refractivity contribution >= 4 is 0 Å². The SMILES string of the molecule is CCNC(c1c(C)cc(C)cc1F)C1(C)CCCC1. The third-order valence-corrected chi connectivity index (χ3v) is 4.62. The number of aryl methyl sites for hydroxylation is 2. The molecule has 0 bridgehead atoms. The molecule has 0 amide bonds. The maximum absolute atomic E-state index is 14.5. The molecule has 19 heavy (non-hydrogen) atoms. The lowest BCUT2D eigenvalue weighted by Crippen LogP contribution is -2.35. The van der Waals surface area contributed by atoms with Crippen LogP contribution < -0.4 is 5.32 Å². The van der Waals surface area contributed by atoms with E-state index < -0.39 is 0 Å². The summed E-state index contributed by atoms with van der Waals surface area (Å²) in [5.74, 6) is -0.0448. The van der Waals surface area contributed by atoms with Crippen LogP contribution in [0.15, 0.2) is 12.1 Å². The minimum absolute atomic E-state index is 0.0448. The minimum atomic E-state index is -0.0448. The number of halogens is 1. The molecule has 2 rings (SSSR count). The van der Waals surface area contributed by atoms with Crippen LogP contribution in [0.1, 0.15) is 62.3 Å². The lowest BCUT2D eigenvalue weighted by molar-refractivity contribution is 0.220. The molecule has 1 N–H and O–H groups in total. The number of nitrogens with one attached hydrogen (secondary N) is 1. The Bertz CT molecular complexity index is 424. The molecule has 0 aromatic heterocycles. The molecule has 1 aromatic carbocycles. The number of hydrogen-bond donors (Lipinski definition) is 1. The molecular formula is C17H26FN. The standard InChI is InChI=1S/C17H26FN/c1-5-19-16(17(4)8-6-7-9-17)15-13(3)10-12(2)11-14(15)18/h10-11,16,19H,5-9H2,1-4H3. The minimum Gasteiger partial charge on any atom is -0.310 e. The molecule has 1 fully saturated rings. The molecule has 1 aliphatic rings. The Kier molecular flexibility index (Phi) is 4.29. The number of hydrogen-bond acceptors (Lipinski definition) is 1. The first-order valence-electron chi connectivity index (χ1n) is 7.48. The van der Waals surface area contributed by atoms with E-state index in [-0.39, 0.29) is 17.3 Å². The second-order valence-corrected chi connectivity index (χ2v) is 6.33. The van der Waals surface area contributed by atoms with Gasteiger partial charge in [0, 0.05) is 11.6 Å². The van der Waals surface area contributed by atoms with Gasteiger partial charge in [0.15, 0.2) is 0 Å². The molecule has 106 valence electrons. The van der Waals surface area contributed by atoms with E-state index in [0.717, 1.165) is 23.2 Å². The summed E-state index contributed by atoms with van der Waals surface area (Å²) in [7, 11) is 0. The van der Waals surface area contributed by atoms with Gasteiger partial charge in [0.1, 0.15) is 5.82 Å². The zero-order valence-electron chi connectivity index (χ0n) is 12.6. The lowest BCUT2D eigenvalue weighted by Gasteiger charge is -2.36. The summed E-state index contributed by atoms with van der Waals surface area (Å²) >= 11 is 0. The molecule has 0 saturated heterocycles. The topological polar surface area (TPSA) is 12.0 Å². The zero-order valence-corrected chi connectivity index (χ0v) is 12.6. The highest BCUT2D eigenvalue weighted by molar-refractivity contribution is 5.35. The van der Waals surface area contributed by atoms with E-state index in [9.17, 15) is 4.39 Å². The first-order valence-corrected chi connectivity index (χ1v) is 7.48. The van der Waals surface area contributed by atoms with Crippen LogP contribution in [0.5, 0.6) is 0 Å². The number of rotatable bonds is 4. The van der Waals surface area contributed by atoms with Crippen molar-refractivity contribution in [2.75, 3.05) is 6.54 Å². The van der Waals surface area contributed by atoms with Crippen LogP contribution in [0.25, 0.3) is 0 Å². The van der Waals surface area contributed by atoms with Crippen molar-refractivity contribution in [1.82, 2.24) is 5.32 Å². The highest BCUT2D eigenvalue weighted by atomic mass is 19.1. The molecule has 0 heterocycles. The quantitative estimate of drug-likeness (QED) is 0.832. The Labute approximate surface area is 116 Å². The summed E-state index contributed by atoms with van der Waals surface area (Å²) in [6, 6.07) is 3.91. The molecular weight excluding hydrogens is 237 g/mol. The van der Waals surface area contributed by atoms with Gasteiger partial charge in [0.25, 0.3) is 0 Å². The molecule has 1 aliphatic carbocycles. The van der Waals surface area contributed by atoms with Crippen molar-refractivity contribution in [3.8, 4) is 0 Å². The van der Waals surface area contributed by atoms with Crippen LogP contribution in [0, 0.1) is 25.1 Å². The molecule has 1 unspecified atom stereocenters. The normalized spacial score (nSPS) is 19.6. The van der Waals surface area contributed by atoms with Gasteiger partial charge in [-0.25, -0.2) is 4.39 Å². The fourth-order valence-electron chi connectivity index (χ4n) is 3.66. The van der Waals surface area contributed by atoms with Crippen molar-refractivity contribution in [3.63, 3.8) is 0 Å². The van der Waals surface area contributed by atoms with Gasteiger partial charge in [0.05, 0.1) is 0 Å². The smallest absolute Gasteiger partial charge is 0.128 e. The fourth-order valence-corrected chi connectivity index (χ4v) is 3.66. The highest BCUT2D eigenvalue weighted by Gasteiger charge is 2.39. The Morgan fingerprint density at radius 3 is 2.42 bits per heavy atom. The van der Waals surface area contributed by atoms with Gasteiger partial charge in [-0.1, -0.05) is 32.8 Å². The van der Waals surface area contributed by atoms with Gasteiger partial charge in [-0.15, -0.1) is 0 Å².